The van der Waals surface area contributed by atoms with E-state index in [0.717, 1.165) is 12.3 Å². The van der Waals surface area contributed by atoms with Crippen molar-refractivity contribution in [1.29, 1.82) is 5.16 Å². The Hall–Kier alpha value is 0.410. The fourth-order valence-corrected chi connectivity index (χ4v) is 4.95. The number of aliphatic hydroxyl groups is 1. The molecule has 4 nitrogen and oxygen atoms in total. The van der Waals surface area contributed by atoms with E-state index in [0.29, 0.717) is 35.1 Å². The van der Waals surface area contributed by atoms with Crippen LogP contribution in [-0.4, -0.2) is 40.8 Å². The van der Waals surface area contributed by atoms with Crippen LogP contribution in [0, 0.1) is 11.1 Å². The molecular formula is C13H27NO3P2. The van der Waals surface area contributed by atoms with Crippen LogP contribution in [0.25, 0.3) is 0 Å². The third-order valence-electron chi connectivity index (χ3n) is 3.26. The van der Waals surface area contributed by atoms with E-state index in [1.807, 2.05) is 13.8 Å². The zero-order valence-corrected chi connectivity index (χ0v) is 14.5. The second kappa shape index (κ2) is 6.91. The lowest BCUT2D eigenvalue weighted by molar-refractivity contribution is -0.329. The SMILES string of the molecule is CC(C)C[C@H](PCP=N)[C@H]1OC(C)(C)OC[C@@]1(C)O. The van der Waals surface area contributed by atoms with Crippen LogP contribution in [-0.2, 0) is 9.47 Å². The lowest BCUT2D eigenvalue weighted by Crippen LogP contribution is -2.59. The zero-order chi connectivity index (χ0) is 14.7. The molecule has 0 bridgehead atoms. The summed E-state index contributed by atoms with van der Waals surface area (Å²) in [6.07, 6.45) is 0.809. The van der Waals surface area contributed by atoms with Gasteiger partial charge in [0.05, 0.1) is 12.7 Å². The Morgan fingerprint density at radius 3 is 2.58 bits per heavy atom. The standard InChI is InChI=1S/C13H27NO3P2/c1-9(2)6-10(18-8-19-14)11-13(5,15)7-16-12(3,4)17-11/h9-11,14-15,18H,6-8H2,1-5H3/t10-,11+,13+/m0/s1. The highest BCUT2D eigenvalue weighted by atomic mass is 31.1. The summed E-state index contributed by atoms with van der Waals surface area (Å²) in [6.45, 7) is 10.3. The van der Waals surface area contributed by atoms with Crippen LogP contribution in [0.4, 0.5) is 0 Å². The van der Waals surface area contributed by atoms with Crippen LogP contribution >= 0.6 is 17.0 Å². The maximum Gasteiger partial charge on any atom is 0.163 e. The van der Waals surface area contributed by atoms with E-state index in [4.69, 9.17) is 14.6 Å². The molecule has 0 aromatic heterocycles. The second-order valence-corrected chi connectivity index (χ2v) is 9.07. The first kappa shape index (κ1) is 17.5. The van der Waals surface area contributed by atoms with Crippen LogP contribution in [0.3, 0.4) is 0 Å². The van der Waals surface area contributed by atoms with Crippen LogP contribution in [0.5, 0.6) is 0 Å². The quantitative estimate of drug-likeness (QED) is 0.736. The maximum atomic E-state index is 10.6. The molecule has 4 atom stereocenters. The van der Waals surface area contributed by atoms with Crippen molar-refractivity contribution in [3.8, 4) is 0 Å². The van der Waals surface area contributed by atoms with Gasteiger partial charge in [-0.1, -0.05) is 13.8 Å². The first-order valence-corrected chi connectivity index (χ1v) is 9.15. The van der Waals surface area contributed by atoms with Crippen molar-refractivity contribution in [3.63, 3.8) is 0 Å². The fourth-order valence-electron chi connectivity index (χ4n) is 2.37. The molecule has 0 saturated carbocycles. The summed E-state index contributed by atoms with van der Waals surface area (Å²) >= 11 is 0. The molecule has 1 fully saturated rings. The van der Waals surface area contributed by atoms with E-state index in [9.17, 15) is 5.11 Å². The summed E-state index contributed by atoms with van der Waals surface area (Å²) in [5.74, 6) is 0.783. The predicted octanol–water partition coefficient (Wildman–Crippen LogP) is 3.65. The molecule has 1 heterocycles. The Morgan fingerprint density at radius 1 is 1.42 bits per heavy atom. The number of hydrogen-bond donors (Lipinski definition) is 2. The topological polar surface area (TPSA) is 62.5 Å². The highest BCUT2D eigenvalue weighted by molar-refractivity contribution is 7.51. The van der Waals surface area contributed by atoms with E-state index in [-0.39, 0.29) is 6.10 Å². The minimum Gasteiger partial charge on any atom is -0.385 e. The molecule has 112 valence electrons. The summed E-state index contributed by atoms with van der Waals surface area (Å²) < 4.78 is 11.6. The summed E-state index contributed by atoms with van der Waals surface area (Å²) in [7, 11) is 1.32. The fraction of sp³-hybridized carbons (Fsp3) is 1.00. The summed E-state index contributed by atoms with van der Waals surface area (Å²) in [5, 5.41) is 17.9. The third kappa shape index (κ3) is 5.36. The molecule has 0 aromatic carbocycles. The van der Waals surface area contributed by atoms with Crippen LogP contribution in [0.2, 0.25) is 0 Å². The van der Waals surface area contributed by atoms with Crippen molar-refractivity contribution in [2.45, 2.75) is 64.2 Å². The molecule has 19 heavy (non-hydrogen) atoms. The van der Waals surface area contributed by atoms with Crippen molar-refractivity contribution in [2.75, 3.05) is 12.5 Å². The van der Waals surface area contributed by atoms with Gasteiger partial charge in [-0.15, -0.1) is 8.58 Å². The monoisotopic (exact) mass is 307 g/mol. The number of ether oxygens (including phenoxy) is 2. The second-order valence-electron chi connectivity index (χ2n) is 6.34. The van der Waals surface area contributed by atoms with Gasteiger partial charge in [0.1, 0.15) is 5.60 Å². The Morgan fingerprint density at radius 2 is 2.05 bits per heavy atom. The normalized spacial score (nSPS) is 33.3. The molecule has 1 aliphatic heterocycles. The lowest BCUT2D eigenvalue weighted by Gasteiger charge is -2.48. The van der Waals surface area contributed by atoms with Gasteiger partial charge in [-0.2, -0.15) is 0 Å². The first-order valence-electron chi connectivity index (χ1n) is 6.79. The minimum absolute atomic E-state index is 0.210. The van der Waals surface area contributed by atoms with Gasteiger partial charge in [-0.25, -0.2) is 0 Å². The Kier molecular flexibility index (Phi) is 6.35. The van der Waals surface area contributed by atoms with Crippen molar-refractivity contribution >= 4 is 17.0 Å². The smallest absolute Gasteiger partial charge is 0.163 e. The van der Waals surface area contributed by atoms with Gasteiger partial charge < -0.3 is 14.6 Å². The average molecular weight is 307 g/mol. The molecule has 1 saturated heterocycles. The molecule has 6 heteroatoms. The van der Waals surface area contributed by atoms with Crippen LogP contribution in [0.1, 0.15) is 41.0 Å². The summed E-state index contributed by atoms with van der Waals surface area (Å²) in [5.41, 5.74) is -0.642. The highest BCUT2D eigenvalue weighted by Gasteiger charge is 2.47. The van der Waals surface area contributed by atoms with E-state index in [1.165, 1.54) is 0 Å². The van der Waals surface area contributed by atoms with Gasteiger partial charge in [-0.05, 0) is 33.1 Å². The molecule has 0 amide bonds. The molecule has 1 unspecified atom stereocenters. The lowest BCUT2D eigenvalue weighted by atomic mass is 9.91. The predicted molar refractivity (Wildman–Crippen MR) is 81.6 cm³/mol. The van der Waals surface area contributed by atoms with Crippen LogP contribution in [0.15, 0.2) is 0 Å². The van der Waals surface area contributed by atoms with E-state index in [1.54, 1.807) is 6.92 Å². The van der Waals surface area contributed by atoms with Gasteiger partial charge in [0.25, 0.3) is 0 Å². The Balaban J connectivity index is 2.85. The Labute approximate surface area is 120 Å². The average Bonchev–Trinajstić information content (AvgIpc) is 2.28. The first-order chi connectivity index (χ1) is 8.68. The minimum atomic E-state index is -0.943. The highest BCUT2D eigenvalue weighted by Crippen LogP contribution is 2.40. The molecule has 0 aromatic rings. The van der Waals surface area contributed by atoms with Crippen molar-refractivity contribution in [3.05, 3.63) is 0 Å². The van der Waals surface area contributed by atoms with Gasteiger partial charge in [0, 0.05) is 19.9 Å². The molecule has 1 rings (SSSR count). The van der Waals surface area contributed by atoms with Gasteiger partial charge >= 0.3 is 0 Å². The molecule has 0 spiro atoms. The summed E-state index contributed by atoms with van der Waals surface area (Å²) in [6, 6.07) is 0. The maximum absolute atomic E-state index is 10.6. The Bertz CT molecular complexity index is 308. The van der Waals surface area contributed by atoms with Gasteiger partial charge in [0.15, 0.2) is 5.79 Å². The van der Waals surface area contributed by atoms with Gasteiger partial charge in [-0.3, -0.25) is 5.16 Å². The van der Waals surface area contributed by atoms with Crippen molar-refractivity contribution in [1.82, 2.24) is 0 Å². The van der Waals surface area contributed by atoms with E-state index in [2.05, 4.69) is 13.8 Å². The summed E-state index contributed by atoms with van der Waals surface area (Å²) in [4.78, 5) is 0. The van der Waals surface area contributed by atoms with Crippen molar-refractivity contribution in [2.24, 2.45) is 5.92 Å². The number of rotatable bonds is 6. The van der Waals surface area contributed by atoms with Crippen LogP contribution < -0.4 is 0 Å². The number of hydrogen-bond acceptors (Lipinski definition) is 4. The molecule has 1 aliphatic rings. The largest absolute Gasteiger partial charge is 0.385 e. The number of nitrogens with one attached hydrogen (secondary N) is 1. The zero-order valence-electron chi connectivity index (χ0n) is 12.6. The third-order valence-corrected chi connectivity index (χ3v) is 5.68. The molecule has 2 N–H and O–H groups in total. The van der Waals surface area contributed by atoms with Crippen molar-refractivity contribution < 1.29 is 14.6 Å². The van der Waals surface area contributed by atoms with Gasteiger partial charge in [0.2, 0.25) is 0 Å². The molecule has 0 aliphatic carbocycles. The molecular weight excluding hydrogens is 280 g/mol. The van der Waals surface area contributed by atoms with E-state index >= 15 is 0 Å². The molecule has 0 radical (unpaired) electrons. The van der Waals surface area contributed by atoms with E-state index < -0.39 is 11.4 Å².